The van der Waals surface area contributed by atoms with Crippen molar-refractivity contribution in [1.82, 2.24) is 20.1 Å². The number of carbonyl (C=O) groups excluding carboxylic acids is 1. The van der Waals surface area contributed by atoms with Crippen molar-refractivity contribution >= 4 is 16.8 Å². The predicted molar refractivity (Wildman–Crippen MR) is 111 cm³/mol. The summed E-state index contributed by atoms with van der Waals surface area (Å²) in [4.78, 5) is 27.7. The lowest BCUT2D eigenvalue weighted by Crippen LogP contribution is -2.31. The van der Waals surface area contributed by atoms with Crippen LogP contribution in [0.1, 0.15) is 10.4 Å². The van der Waals surface area contributed by atoms with Crippen molar-refractivity contribution in [3.8, 4) is 17.0 Å². The molecule has 0 saturated carbocycles. The van der Waals surface area contributed by atoms with Crippen molar-refractivity contribution in [2.24, 2.45) is 0 Å². The summed E-state index contributed by atoms with van der Waals surface area (Å²) in [6, 6.07) is 18.2. The molecule has 0 spiro atoms. The van der Waals surface area contributed by atoms with Gasteiger partial charge in [0.2, 0.25) is 0 Å². The van der Waals surface area contributed by atoms with E-state index in [0.717, 1.165) is 22.2 Å². The number of amides is 1. The van der Waals surface area contributed by atoms with Gasteiger partial charge >= 0.3 is 0 Å². The van der Waals surface area contributed by atoms with E-state index in [1.54, 1.807) is 19.4 Å². The number of carbonyl (C=O) groups is 1. The lowest BCUT2D eigenvalue weighted by Gasteiger charge is -2.09. The van der Waals surface area contributed by atoms with E-state index in [0.29, 0.717) is 11.3 Å². The molecule has 4 aromatic rings. The monoisotopic (exact) mass is 388 g/mol. The first kappa shape index (κ1) is 18.5. The molecule has 7 heteroatoms. The molecule has 146 valence electrons. The van der Waals surface area contributed by atoms with Gasteiger partial charge in [-0.3, -0.25) is 9.59 Å². The van der Waals surface area contributed by atoms with Gasteiger partial charge in [0.15, 0.2) is 0 Å². The number of H-pyrrole nitrogens is 1. The highest BCUT2D eigenvalue weighted by Crippen LogP contribution is 2.19. The number of aromatic nitrogens is 3. The molecule has 2 heterocycles. The minimum atomic E-state index is -0.219. The molecule has 1 amide bonds. The number of hydrogen-bond donors (Lipinski definition) is 2. The summed E-state index contributed by atoms with van der Waals surface area (Å²) in [6.07, 6.45) is 1.69. The number of nitrogens with zero attached hydrogens (tertiary/aromatic N) is 2. The van der Waals surface area contributed by atoms with Gasteiger partial charge in [-0.2, -0.15) is 5.10 Å². The van der Waals surface area contributed by atoms with Crippen molar-refractivity contribution in [2.45, 2.75) is 6.54 Å². The molecule has 2 N–H and O–H groups in total. The SMILES string of the molecule is COc1ccc(-c2ccc(=O)n(CCNC(=O)c3c[nH]c4ccccc34)n2)cc1. The Bertz CT molecular complexity index is 1210. The molecule has 2 aromatic carbocycles. The number of para-hydroxylation sites is 1. The van der Waals surface area contributed by atoms with E-state index in [9.17, 15) is 9.59 Å². The fourth-order valence-corrected chi connectivity index (χ4v) is 3.15. The third-order valence-electron chi connectivity index (χ3n) is 4.70. The van der Waals surface area contributed by atoms with Crippen LogP contribution in [0.15, 0.2) is 71.7 Å². The number of hydrogen-bond acceptors (Lipinski definition) is 4. The first-order chi connectivity index (χ1) is 14.2. The van der Waals surface area contributed by atoms with Crippen LogP contribution >= 0.6 is 0 Å². The fourth-order valence-electron chi connectivity index (χ4n) is 3.15. The van der Waals surface area contributed by atoms with Crippen LogP contribution < -0.4 is 15.6 Å². The van der Waals surface area contributed by atoms with Gasteiger partial charge in [-0.15, -0.1) is 0 Å². The summed E-state index contributed by atoms with van der Waals surface area (Å²) >= 11 is 0. The molecule has 0 radical (unpaired) electrons. The van der Waals surface area contributed by atoms with Crippen LogP contribution in [-0.4, -0.2) is 34.3 Å². The van der Waals surface area contributed by atoms with Crippen molar-refractivity contribution in [2.75, 3.05) is 13.7 Å². The number of aromatic amines is 1. The fraction of sp³-hybridized carbons (Fsp3) is 0.136. The second-order valence-corrected chi connectivity index (χ2v) is 6.51. The molecule has 0 saturated heterocycles. The largest absolute Gasteiger partial charge is 0.497 e. The molecule has 0 bridgehead atoms. The average molecular weight is 388 g/mol. The van der Waals surface area contributed by atoms with Gasteiger partial charge in [-0.05, 0) is 36.4 Å². The standard InChI is InChI=1S/C22H20N4O3/c1-29-16-8-6-15(7-9-16)19-10-11-21(27)26(25-19)13-12-23-22(28)18-14-24-20-5-3-2-4-17(18)20/h2-11,14,24H,12-13H2,1H3,(H,23,28). The summed E-state index contributed by atoms with van der Waals surface area (Å²) in [6.45, 7) is 0.564. The van der Waals surface area contributed by atoms with E-state index in [1.165, 1.54) is 10.7 Å². The molecule has 0 aliphatic rings. The summed E-state index contributed by atoms with van der Waals surface area (Å²) in [5, 5.41) is 8.13. The Hall–Kier alpha value is -3.87. The van der Waals surface area contributed by atoms with Gasteiger partial charge in [0, 0.05) is 35.3 Å². The number of rotatable bonds is 6. The molecule has 0 unspecified atom stereocenters. The first-order valence-electron chi connectivity index (χ1n) is 9.22. The number of fused-ring (bicyclic) bond motifs is 1. The van der Waals surface area contributed by atoms with Gasteiger partial charge in [-0.1, -0.05) is 18.2 Å². The Labute approximate surface area is 167 Å². The minimum absolute atomic E-state index is 0.193. The van der Waals surface area contributed by atoms with Crippen LogP contribution in [0.5, 0.6) is 5.75 Å². The summed E-state index contributed by atoms with van der Waals surface area (Å²) < 4.78 is 6.52. The maximum absolute atomic E-state index is 12.5. The number of benzene rings is 2. The maximum atomic E-state index is 12.5. The van der Waals surface area contributed by atoms with E-state index in [-0.39, 0.29) is 24.6 Å². The van der Waals surface area contributed by atoms with Crippen LogP contribution in [0.4, 0.5) is 0 Å². The minimum Gasteiger partial charge on any atom is -0.497 e. The van der Waals surface area contributed by atoms with E-state index in [1.807, 2.05) is 48.5 Å². The van der Waals surface area contributed by atoms with Crippen LogP contribution in [0.25, 0.3) is 22.2 Å². The zero-order valence-corrected chi connectivity index (χ0v) is 15.9. The molecular formula is C22H20N4O3. The summed E-state index contributed by atoms with van der Waals surface area (Å²) in [5.41, 5.74) is 2.82. The van der Waals surface area contributed by atoms with Gasteiger partial charge in [-0.25, -0.2) is 4.68 Å². The van der Waals surface area contributed by atoms with Crippen LogP contribution in [0, 0.1) is 0 Å². The molecule has 0 aliphatic heterocycles. The molecule has 0 fully saturated rings. The van der Waals surface area contributed by atoms with Crippen molar-refractivity contribution in [1.29, 1.82) is 0 Å². The maximum Gasteiger partial charge on any atom is 0.266 e. The van der Waals surface area contributed by atoms with E-state index in [2.05, 4.69) is 15.4 Å². The van der Waals surface area contributed by atoms with Gasteiger partial charge < -0.3 is 15.0 Å². The lowest BCUT2D eigenvalue weighted by molar-refractivity contribution is 0.0953. The summed E-state index contributed by atoms with van der Waals surface area (Å²) in [7, 11) is 1.61. The Morgan fingerprint density at radius 3 is 2.69 bits per heavy atom. The van der Waals surface area contributed by atoms with Crippen molar-refractivity contribution in [3.05, 3.63) is 82.8 Å². The van der Waals surface area contributed by atoms with Gasteiger partial charge in [0.25, 0.3) is 11.5 Å². The van der Waals surface area contributed by atoms with Crippen molar-refractivity contribution < 1.29 is 9.53 Å². The zero-order valence-electron chi connectivity index (χ0n) is 15.9. The van der Waals surface area contributed by atoms with E-state index in [4.69, 9.17) is 4.74 Å². The number of nitrogens with one attached hydrogen (secondary N) is 2. The Kier molecular flexibility index (Phi) is 5.11. The first-order valence-corrected chi connectivity index (χ1v) is 9.22. The van der Waals surface area contributed by atoms with Crippen LogP contribution in [0.3, 0.4) is 0 Å². The Morgan fingerprint density at radius 1 is 1.10 bits per heavy atom. The Balaban J connectivity index is 1.45. The van der Waals surface area contributed by atoms with Gasteiger partial charge in [0.1, 0.15) is 5.75 Å². The van der Waals surface area contributed by atoms with Crippen molar-refractivity contribution in [3.63, 3.8) is 0 Å². The lowest BCUT2D eigenvalue weighted by atomic mass is 10.1. The summed E-state index contributed by atoms with van der Waals surface area (Å²) in [5.74, 6) is 0.559. The predicted octanol–water partition coefficient (Wildman–Crippen LogP) is 2.83. The molecule has 0 aliphatic carbocycles. The third-order valence-corrected chi connectivity index (χ3v) is 4.70. The van der Waals surface area contributed by atoms with E-state index >= 15 is 0 Å². The third kappa shape index (κ3) is 3.89. The second-order valence-electron chi connectivity index (χ2n) is 6.51. The van der Waals surface area contributed by atoms with Crippen LogP contribution in [-0.2, 0) is 6.54 Å². The molecule has 2 aromatic heterocycles. The number of ether oxygens (including phenoxy) is 1. The smallest absolute Gasteiger partial charge is 0.266 e. The topological polar surface area (TPSA) is 89.0 Å². The van der Waals surface area contributed by atoms with Gasteiger partial charge in [0.05, 0.1) is 24.9 Å². The highest BCUT2D eigenvalue weighted by molar-refractivity contribution is 6.06. The molecule has 29 heavy (non-hydrogen) atoms. The van der Waals surface area contributed by atoms with Crippen LogP contribution in [0.2, 0.25) is 0 Å². The molecule has 7 nitrogen and oxygen atoms in total. The normalized spacial score (nSPS) is 10.8. The molecular weight excluding hydrogens is 368 g/mol. The highest BCUT2D eigenvalue weighted by atomic mass is 16.5. The van der Waals surface area contributed by atoms with E-state index < -0.39 is 0 Å². The Morgan fingerprint density at radius 2 is 1.90 bits per heavy atom. The second kappa shape index (κ2) is 8.02. The quantitative estimate of drug-likeness (QED) is 0.532. The highest BCUT2D eigenvalue weighted by Gasteiger charge is 2.11. The zero-order chi connectivity index (χ0) is 20.2. The molecule has 0 atom stereocenters. The average Bonchev–Trinajstić information content (AvgIpc) is 3.19. The molecule has 4 rings (SSSR count). The number of methoxy groups -OCH3 is 1.